The number of anilines is 2. The Morgan fingerprint density at radius 3 is 2.66 bits per heavy atom. The van der Waals surface area contributed by atoms with Gasteiger partial charge in [0.2, 0.25) is 5.88 Å². The van der Waals surface area contributed by atoms with Gasteiger partial charge in [-0.05, 0) is 67.6 Å². The number of nitrogens with zero attached hydrogens (tertiary/aromatic N) is 2. The van der Waals surface area contributed by atoms with E-state index in [-0.39, 0.29) is 6.10 Å². The van der Waals surface area contributed by atoms with Gasteiger partial charge in [-0.1, -0.05) is 29.5 Å². The number of hydrogen-bond acceptors (Lipinski definition) is 6. The highest BCUT2D eigenvalue weighted by atomic mass is 32.1. The quantitative estimate of drug-likeness (QED) is 0.437. The number of ether oxygens (including phenoxy) is 1. The van der Waals surface area contributed by atoms with E-state index in [2.05, 4.69) is 21.4 Å². The summed E-state index contributed by atoms with van der Waals surface area (Å²) >= 11 is 1.63. The van der Waals surface area contributed by atoms with E-state index >= 15 is 0 Å². The number of nitrogens with one attached hydrogen (secondary N) is 1. The van der Waals surface area contributed by atoms with E-state index in [0.717, 1.165) is 51.6 Å². The molecule has 29 heavy (non-hydrogen) atoms. The molecule has 1 aliphatic carbocycles. The maximum Gasteiger partial charge on any atom is 0.222 e. The van der Waals surface area contributed by atoms with E-state index in [1.54, 1.807) is 17.5 Å². The van der Waals surface area contributed by atoms with E-state index < -0.39 is 0 Å². The first-order valence-corrected chi connectivity index (χ1v) is 10.6. The molecule has 0 amide bonds. The lowest BCUT2D eigenvalue weighted by Crippen LogP contribution is -2.02. The van der Waals surface area contributed by atoms with Gasteiger partial charge in [0.25, 0.3) is 0 Å². The first-order valence-electron chi connectivity index (χ1n) is 9.78. The molecule has 1 aliphatic rings. The normalized spacial score (nSPS) is 18.8. The average molecular weight is 404 g/mol. The largest absolute Gasteiger partial charge is 0.439 e. The van der Waals surface area contributed by atoms with Crippen LogP contribution in [0.15, 0.2) is 66.9 Å². The second-order valence-corrected chi connectivity index (χ2v) is 8.33. The summed E-state index contributed by atoms with van der Waals surface area (Å²) in [4.78, 5) is 9.04. The molecule has 0 bridgehead atoms. The second-order valence-electron chi connectivity index (χ2n) is 7.30. The Morgan fingerprint density at radius 2 is 1.86 bits per heavy atom. The minimum atomic E-state index is -0.221. The molecule has 0 spiro atoms. The molecule has 2 aromatic heterocycles. The molecule has 5 rings (SSSR count). The number of thiazole rings is 1. The van der Waals surface area contributed by atoms with E-state index in [4.69, 9.17) is 4.74 Å². The predicted molar refractivity (Wildman–Crippen MR) is 116 cm³/mol. The fourth-order valence-electron chi connectivity index (χ4n) is 3.81. The Bertz CT molecular complexity index is 1090. The van der Waals surface area contributed by atoms with Gasteiger partial charge in [0.05, 0.1) is 16.3 Å². The first-order chi connectivity index (χ1) is 14.2. The number of aromatic nitrogens is 2. The summed E-state index contributed by atoms with van der Waals surface area (Å²) in [5.41, 5.74) is 3.02. The van der Waals surface area contributed by atoms with Crippen molar-refractivity contribution in [2.45, 2.75) is 31.3 Å². The van der Waals surface area contributed by atoms with Crippen LogP contribution >= 0.6 is 11.3 Å². The summed E-state index contributed by atoms with van der Waals surface area (Å²) in [5.74, 6) is 1.66. The van der Waals surface area contributed by atoms with Crippen molar-refractivity contribution < 1.29 is 9.84 Å². The van der Waals surface area contributed by atoms with Crippen LogP contribution < -0.4 is 10.1 Å². The van der Waals surface area contributed by atoms with Crippen molar-refractivity contribution in [2.75, 3.05) is 5.32 Å². The van der Waals surface area contributed by atoms with Gasteiger partial charge in [-0.25, -0.2) is 9.97 Å². The third-order valence-electron chi connectivity index (χ3n) is 5.26. The molecule has 2 atom stereocenters. The molecule has 0 aliphatic heterocycles. The Morgan fingerprint density at radius 1 is 1.00 bits per heavy atom. The molecule has 5 nitrogen and oxygen atoms in total. The van der Waals surface area contributed by atoms with Crippen molar-refractivity contribution in [3.8, 4) is 11.6 Å². The topological polar surface area (TPSA) is 67.3 Å². The van der Waals surface area contributed by atoms with Gasteiger partial charge in [-0.15, -0.1) is 0 Å². The summed E-state index contributed by atoms with van der Waals surface area (Å²) in [5, 5.41) is 14.1. The van der Waals surface area contributed by atoms with Gasteiger partial charge in [-0.2, -0.15) is 0 Å². The molecule has 1 fully saturated rings. The number of fused-ring (bicyclic) bond motifs is 1. The van der Waals surface area contributed by atoms with Gasteiger partial charge in [0.15, 0.2) is 5.13 Å². The molecule has 0 radical (unpaired) electrons. The van der Waals surface area contributed by atoms with Gasteiger partial charge in [-0.3, -0.25) is 0 Å². The summed E-state index contributed by atoms with van der Waals surface area (Å²) in [6, 6.07) is 19.9. The van der Waals surface area contributed by atoms with E-state index in [0.29, 0.717) is 11.8 Å². The molecule has 2 heterocycles. The zero-order valence-corrected chi connectivity index (χ0v) is 16.6. The fraction of sp³-hybridized carbons (Fsp3) is 0.217. The molecule has 4 aromatic rings. The van der Waals surface area contributed by atoms with Crippen molar-refractivity contribution in [3.63, 3.8) is 0 Å². The fourth-order valence-corrected chi connectivity index (χ4v) is 4.69. The summed E-state index contributed by atoms with van der Waals surface area (Å²) in [6.07, 6.45) is 4.10. The monoisotopic (exact) mass is 403 g/mol. The minimum absolute atomic E-state index is 0.221. The lowest BCUT2D eigenvalue weighted by molar-refractivity contribution is 0.181. The SMILES string of the molecule is O[C@@H]1CCC(c2cccnc2Oc2ccc(Nc3nc4ccccc4s3)cc2)C1. The highest BCUT2D eigenvalue weighted by Crippen LogP contribution is 2.39. The number of benzene rings is 2. The van der Waals surface area contributed by atoms with Crippen molar-refractivity contribution in [1.82, 2.24) is 9.97 Å². The predicted octanol–water partition coefficient (Wildman–Crippen LogP) is 5.86. The average Bonchev–Trinajstić information content (AvgIpc) is 3.35. The van der Waals surface area contributed by atoms with Crippen LogP contribution in [0, 0.1) is 0 Å². The Kier molecular flexibility index (Phi) is 4.87. The highest BCUT2D eigenvalue weighted by Gasteiger charge is 2.27. The van der Waals surface area contributed by atoms with E-state index in [9.17, 15) is 5.11 Å². The molecular formula is C23H21N3O2S. The zero-order chi connectivity index (χ0) is 19.6. The molecule has 6 heteroatoms. The Hall–Kier alpha value is -2.96. The first kappa shape index (κ1) is 18.1. The molecular weight excluding hydrogens is 382 g/mol. The van der Waals surface area contributed by atoms with Crippen molar-refractivity contribution in [3.05, 3.63) is 72.4 Å². The van der Waals surface area contributed by atoms with Crippen LogP contribution in [-0.2, 0) is 0 Å². The minimum Gasteiger partial charge on any atom is -0.439 e. The van der Waals surface area contributed by atoms with E-state index in [1.165, 1.54) is 0 Å². The Labute approximate surface area is 173 Å². The van der Waals surface area contributed by atoms with Crippen LogP contribution in [0.4, 0.5) is 10.8 Å². The van der Waals surface area contributed by atoms with Gasteiger partial charge in [0, 0.05) is 17.4 Å². The number of pyridine rings is 1. The summed E-state index contributed by atoms with van der Waals surface area (Å²) in [6.45, 7) is 0. The molecule has 2 N–H and O–H groups in total. The Balaban J connectivity index is 1.31. The third-order valence-corrected chi connectivity index (χ3v) is 6.21. The number of aliphatic hydroxyl groups is 1. The van der Waals surface area contributed by atoms with Crippen molar-refractivity contribution in [1.29, 1.82) is 0 Å². The van der Waals surface area contributed by atoms with Crippen molar-refractivity contribution >= 4 is 32.4 Å². The molecule has 1 saturated carbocycles. The van der Waals surface area contributed by atoms with Crippen LogP contribution in [0.2, 0.25) is 0 Å². The number of rotatable bonds is 5. The molecule has 146 valence electrons. The lowest BCUT2D eigenvalue weighted by Gasteiger charge is -2.15. The van der Waals surface area contributed by atoms with E-state index in [1.807, 2.05) is 54.6 Å². The lowest BCUT2D eigenvalue weighted by atomic mass is 9.99. The standard InChI is InChI=1S/C23H21N3O2S/c27-17-10-7-15(14-17)19-4-3-13-24-22(19)28-18-11-8-16(9-12-18)25-23-26-20-5-1-2-6-21(20)29-23/h1-6,8-9,11-13,15,17,27H,7,10,14H2,(H,25,26)/t15?,17-/m1/s1. The maximum atomic E-state index is 9.87. The van der Waals surface area contributed by atoms with Crippen LogP contribution in [-0.4, -0.2) is 21.2 Å². The molecule has 0 saturated heterocycles. The van der Waals surface area contributed by atoms with Crippen LogP contribution in [0.1, 0.15) is 30.7 Å². The molecule has 1 unspecified atom stereocenters. The molecule has 2 aromatic carbocycles. The van der Waals surface area contributed by atoms with Crippen LogP contribution in [0.3, 0.4) is 0 Å². The van der Waals surface area contributed by atoms with Gasteiger partial charge < -0.3 is 15.2 Å². The number of hydrogen-bond donors (Lipinski definition) is 2. The highest BCUT2D eigenvalue weighted by molar-refractivity contribution is 7.22. The van der Waals surface area contributed by atoms with Crippen LogP contribution in [0.5, 0.6) is 11.6 Å². The second kappa shape index (κ2) is 7.81. The van der Waals surface area contributed by atoms with Gasteiger partial charge >= 0.3 is 0 Å². The zero-order valence-electron chi connectivity index (χ0n) is 15.8. The summed E-state index contributed by atoms with van der Waals surface area (Å²) in [7, 11) is 0. The number of para-hydroxylation sites is 1. The van der Waals surface area contributed by atoms with Gasteiger partial charge in [0.1, 0.15) is 5.75 Å². The third kappa shape index (κ3) is 3.95. The van der Waals surface area contributed by atoms with Crippen LogP contribution in [0.25, 0.3) is 10.2 Å². The summed E-state index contributed by atoms with van der Waals surface area (Å²) < 4.78 is 7.24. The smallest absolute Gasteiger partial charge is 0.222 e. The maximum absolute atomic E-state index is 9.87. The number of aliphatic hydroxyl groups excluding tert-OH is 1. The van der Waals surface area contributed by atoms with Crippen molar-refractivity contribution in [2.24, 2.45) is 0 Å².